The Morgan fingerprint density at radius 3 is 2.56 bits per heavy atom. The predicted molar refractivity (Wildman–Crippen MR) is 63.0 cm³/mol. The lowest BCUT2D eigenvalue weighted by atomic mass is 10.1. The Morgan fingerprint density at radius 1 is 1.38 bits per heavy atom. The molecular formula is C12H15N3O. The molecule has 0 radical (unpaired) electrons. The van der Waals surface area contributed by atoms with Gasteiger partial charge in [0.1, 0.15) is 5.82 Å². The number of nitrogens with two attached hydrogens (primary N) is 1. The van der Waals surface area contributed by atoms with Crippen LogP contribution in [0.5, 0.6) is 0 Å². The van der Waals surface area contributed by atoms with Crippen LogP contribution in [0.25, 0.3) is 0 Å². The lowest BCUT2D eigenvalue weighted by Crippen LogP contribution is -2.15. The van der Waals surface area contributed by atoms with Crippen molar-refractivity contribution in [2.45, 2.75) is 13.0 Å². The average Bonchev–Trinajstić information content (AvgIpc) is 2.69. The minimum atomic E-state index is -0.0944. The molecule has 0 bridgehead atoms. The normalized spacial score (nSPS) is 12.6. The van der Waals surface area contributed by atoms with E-state index in [2.05, 4.69) is 4.98 Å². The van der Waals surface area contributed by atoms with Gasteiger partial charge in [-0.25, -0.2) is 4.98 Å². The second-order valence-corrected chi connectivity index (χ2v) is 3.75. The number of hydrogen-bond donors (Lipinski definition) is 2. The molecule has 1 heterocycles. The van der Waals surface area contributed by atoms with E-state index in [0.717, 1.165) is 17.1 Å². The van der Waals surface area contributed by atoms with Gasteiger partial charge in [0, 0.05) is 18.1 Å². The average molecular weight is 217 g/mol. The molecule has 84 valence electrons. The van der Waals surface area contributed by atoms with Crippen LogP contribution in [-0.2, 0) is 0 Å². The molecule has 1 aromatic heterocycles. The summed E-state index contributed by atoms with van der Waals surface area (Å²) in [6, 6.07) is 7.43. The highest BCUT2D eigenvalue weighted by Gasteiger charge is 2.13. The number of aliphatic hydroxyl groups is 1. The number of imidazole rings is 1. The Labute approximate surface area is 94.4 Å². The molecule has 0 amide bonds. The SMILES string of the molecule is Cc1nccn1C(CO)c1ccc(N)cc1. The molecule has 3 N–H and O–H groups in total. The summed E-state index contributed by atoms with van der Waals surface area (Å²) in [5.74, 6) is 0.885. The zero-order valence-corrected chi connectivity index (χ0v) is 9.17. The summed E-state index contributed by atoms with van der Waals surface area (Å²) in [5, 5.41) is 9.47. The van der Waals surface area contributed by atoms with E-state index in [1.54, 1.807) is 6.20 Å². The second kappa shape index (κ2) is 4.37. The number of anilines is 1. The first-order valence-electron chi connectivity index (χ1n) is 5.18. The van der Waals surface area contributed by atoms with Gasteiger partial charge in [0.15, 0.2) is 0 Å². The third-order valence-electron chi connectivity index (χ3n) is 2.69. The van der Waals surface area contributed by atoms with Crippen LogP contribution in [-0.4, -0.2) is 21.3 Å². The third kappa shape index (κ3) is 1.92. The Morgan fingerprint density at radius 2 is 2.06 bits per heavy atom. The minimum Gasteiger partial charge on any atom is -0.399 e. The van der Waals surface area contributed by atoms with E-state index >= 15 is 0 Å². The summed E-state index contributed by atoms with van der Waals surface area (Å²) in [6.45, 7) is 1.96. The number of aromatic nitrogens is 2. The molecular weight excluding hydrogens is 202 g/mol. The van der Waals surface area contributed by atoms with Crippen molar-refractivity contribution in [1.29, 1.82) is 0 Å². The molecule has 1 aromatic carbocycles. The number of aryl methyl sites for hydroxylation is 1. The van der Waals surface area contributed by atoms with Gasteiger partial charge in [0.05, 0.1) is 12.6 Å². The summed E-state index contributed by atoms with van der Waals surface area (Å²) < 4.78 is 1.95. The molecule has 1 atom stereocenters. The second-order valence-electron chi connectivity index (χ2n) is 3.75. The van der Waals surface area contributed by atoms with E-state index in [1.807, 2.05) is 42.0 Å². The lowest BCUT2D eigenvalue weighted by molar-refractivity contribution is 0.248. The van der Waals surface area contributed by atoms with Gasteiger partial charge < -0.3 is 15.4 Å². The van der Waals surface area contributed by atoms with Crippen LogP contribution >= 0.6 is 0 Å². The molecule has 4 nitrogen and oxygen atoms in total. The molecule has 2 aromatic rings. The molecule has 0 aliphatic carbocycles. The van der Waals surface area contributed by atoms with Crippen molar-refractivity contribution in [2.24, 2.45) is 0 Å². The highest BCUT2D eigenvalue weighted by atomic mass is 16.3. The fourth-order valence-electron chi connectivity index (χ4n) is 1.79. The van der Waals surface area contributed by atoms with Gasteiger partial charge >= 0.3 is 0 Å². The largest absolute Gasteiger partial charge is 0.399 e. The fraction of sp³-hybridized carbons (Fsp3) is 0.250. The molecule has 0 aliphatic heterocycles. The van der Waals surface area contributed by atoms with E-state index in [-0.39, 0.29) is 12.6 Å². The van der Waals surface area contributed by atoms with Crippen molar-refractivity contribution in [3.05, 3.63) is 48.0 Å². The molecule has 2 rings (SSSR count). The topological polar surface area (TPSA) is 64.1 Å². The number of aliphatic hydroxyl groups excluding tert-OH is 1. The number of rotatable bonds is 3. The maximum Gasteiger partial charge on any atom is 0.106 e. The molecule has 1 unspecified atom stereocenters. The van der Waals surface area contributed by atoms with Crippen LogP contribution < -0.4 is 5.73 Å². The maximum absolute atomic E-state index is 9.47. The molecule has 16 heavy (non-hydrogen) atoms. The summed E-state index contributed by atoms with van der Waals surface area (Å²) >= 11 is 0. The van der Waals surface area contributed by atoms with Crippen LogP contribution in [0.1, 0.15) is 17.4 Å². The van der Waals surface area contributed by atoms with E-state index < -0.39 is 0 Å². The predicted octanol–water partition coefficient (Wildman–Crippen LogP) is 1.36. The summed E-state index contributed by atoms with van der Waals surface area (Å²) in [4.78, 5) is 4.16. The van der Waals surface area contributed by atoms with Crippen LogP contribution in [0.4, 0.5) is 5.69 Å². The van der Waals surface area contributed by atoms with Gasteiger partial charge in [-0.15, -0.1) is 0 Å². The van der Waals surface area contributed by atoms with Crippen molar-refractivity contribution in [3.63, 3.8) is 0 Å². The Kier molecular flexibility index (Phi) is 2.92. The highest BCUT2D eigenvalue weighted by Crippen LogP contribution is 2.20. The van der Waals surface area contributed by atoms with Gasteiger partial charge in [0.25, 0.3) is 0 Å². The van der Waals surface area contributed by atoms with Crippen molar-refractivity contribution in [1.82, 2.24) is 9.55 Å². The van der Waals surface area contributed by atoms with Crippen molar-refractivity contribution < 1.29 is 5.11 Å². The van der Waals surface area contributed by atoms with Crippen LogP contribution in [0.3, 0.4) is 0 Å². The Bertz CT molecular complexity index is 461. The van der Waals surface area contributed by atoms with E-state index in [1.165, 1.54) is 0 Å². The van der Waals surface area contributed by atoms with Gasteiger partial charge in [-0.05, 0) is 24.6 Å². The zero-order chi connectivity index (χ0) is 11.5. The number of benzene rings is 1. The van der Waals surface area contributed by atoms with Gasteiger partial charge in [0.2, 0.25) is 0 Å². The number of hydrogen-bond acceptors (Lipinski definition) is 3. The number of nitrogens with zero attached hydrogens (tertiary/aromatic N) is 2. The van der Waals surface area contributed by atoms with Gasteiger partial charge in [-0.3, -0.25) is 0 Å². The van der Waals surface area contributed by atoms with E-state index in [9.17, 15) is 5.11 Å². The van der Waals surface area contributed by atoms with Crippen molar-refractivity contribution in [3.8, 4) is 0 Å². The minimum absolute atomic E-state index is 0.0428. The monoisotopic (exact) mass is 217 g/mol. The lowest BCUT2D eigenvalue weighted by Gasteiger charge is -2.18. The van der Waals surface area contributed by atoms with Crippen LogP contribution in [0.2, 0.25) is 0 Å². The van der Waals surface area contributed by atoms with Gasteiger partial charge in [-0.1, -0.05) is 12.1 Å². The first-order valence-corrected chi connectivity index (χ1v) is 5.18. The van der Waals surface area contributed by atoms with E-state index in [4.69, 9.17) is 5.73 Å². The molecule has 0 fully saturated rings. The first-order chi connectivity index (χ1) is 7.72. The van der Waals surface area contributed by atoms with Crippen LogP contribution in [0, 0.1) is 6.92 Å². The highest BCUT2D eigenvalue weighted by molar-refractivity contribution is 5.40. The summed E-state index contributed by atoms with van der Waals surface area (Å²) in [7, 11) is 0. The third-order valence-corrected chi connectivity index (χ3v) is 2.69. The molecule has 0 saturated carbocycles. The zero-order valence-electron chi connectivity index (χ0n) is 9.17. The standard InChI is InChI=1S/C12H15N3O/c1-9-14-6-7-15(9)12(8-16)10-2-4-11(13)5-3-10/h2-7,12,16H,8,13H2,1H3. The molecule has 0 spiro atoms. The summed E-state index contributed by atoms with van der Waals surface area (Å²) in [5.41, 5.74) is 7.39. The first kappa shape index (κ1) is 10.7. The van der Waals surface area contributed by atoms with E-state index in [0.29, 0.717) is 0 Å². The Balaban J connectivity index is 2.37. The summed E-state index contributed by atoms with van der Waals surface area (Å²) in [6.07, 6.45) is 3.60. The maximum atomic E-state index is 9.47. The van der Waals surface area contributed by atoms with Crippen LogP contribution in [0.15, 0.2) is 36.7 Å². The van der Waals surface area contributed by atoms with Crippen molar-refractivity contribution in [2.75, 3.05) is 12.3 Å². The van der Waals surface area contributed by atoms with Crippen molar-refractivity contribution >= 4 is 5.69 Å². The Hall–Kier alpha value is -1.81. The molecule has 4 heteroatoms. The smallest absolute Gasteiger partial charge is 0.106 e. The molecule has 0 saturated heterocycles. The quantitative estimate of drug-likeness (QED) is 0.763. The van der Waals surface area contributed by atoms with Gasteiger partial charge in [-0.2, -0.15) is 0 Å². The molecule has 0 aliphatic rings. The number of nitrogen functional groups attached to an aromatic ring is 1. The fourth-order valence-corrected chi connectivity index (χ4v) is 1.79.